The molecule has 11 unspecified atom stereocenters. The molecule has 3 amide bonds. The molecule has 0 aromatic heterocycles. The minimum atomic E-state index is -1.22. The molecule has 15 nitrogen and oxygen atoms in total. The van der Waals surface area contributed by atoms with E-state index in [0.717, 1.165) is 0 Å². The van der Waals surface area contributed by atoms with Crippen LogP contribution in [0.4, 0.5) is 0 Å². The summed E-state index contributed by atoms with van der Waals surface area (Å²) in [4.78, 5) is 68.8. The standard InChI is InChI=1S/C32H42N6O9/c1-13-20(27(32(46)47)37-24(13)22(15(3)39)29(37)42)12-36-9-17(18(7-33)10-36)6-21(40)23-25-14(2)19(26(31(44)45)38(25)30(23)43)11-35-5-4-16(8-35)28(34)41/h13-18,21-25,39-40H,4-6,8-12H2,1-3H3,(H2,34,41)(H,44,45)(H,46,47). The minimum absolute atomic E-state index is 0.0744. The lowest BCUT2D eigenvalue weighted by Crippen LogP contribution is -2.64. The lowest BCUT2D eigenvalue weighted by atomic mass is 9.74. The van der Waals surface area contributed by atoms with E-state index in [4.69, 9.17) is 5.73 Å². The highest BCUT2D eigenvalue weighted by Gasteiger charge is 2.62. The number of rotatable bonds is 11. The molecule has 4 fully saturated rings. The number of amides is 3. The fourth-order valence-corrected chi connectivity index (χ4v) is 9.23. The van der Waals surface area contributed by atoms with Crippen molar-refractivity contribution in [3.63, 3.8) is 0 Å². The molecule has 11 atom stereocenters. The number of β-lactam (4-membered cyclic amide) rings is 2. The molecule has 0 aromatic carbocycles. The van der Waals surface area contributed by atoms with E-state index in [0.29, 0.717) is 43.7 Å². The second-order valence-corrected chi connectivity index (χ2v) is 14.2. The molecule has 0 aromatic rings. The van der Waals surface area contributed by atoms with E-state index in [1.807, 2.05) is 23.6 Å². The molecule has 47 heavy (non-hydrogen) atoms. The molecular weight excluding hydrogens is 612 g/mol. The van der Waals surface area contributed by atoms with Crippen LogP contribution in [0.15, 0.2) is 22.5 Å². The van der Waals surface area contributed by atoms with Crippen molar-refractivity contribution in [3.8, 4) is 6.07 Å². The van der Waals surface area contributed by atoms with Gasteiger partial charge in [0, 0.05) is 44.6 Å². The van der Waals surface area contributed by atoms with Crippen LogP contribution < -0.4 is 5.73 Å². The molecule has 0 radical (unpaired) electrons. The summed E-state index contributed by atoms with van der Waals surface area (Å²) in [6.45, 7) is 7.36. The van der Waals surface area contributed by atoms with Crippen molar-refractivity contribution in [2.45, 2.75) is 57.9 Å². The molecule has 6 rings (SSSR count). The van der Waals surface area contributed by atoms with Crippen LogP contribution in [0, 0.1) is 52.8 Å². The number of likely N-dealkylation sites (tertiary alicyclic amines) is 2. The minimum Gasteiger partial charge on any atom is -0.477 e. The highest BCUT2D eigenvalue weighted by Crippen LogP contribution is 2.50. The summed E-state index contributed by atoms with van der Waals surface area (Å²) in [5.74, 6) is -7.04. The Bertz CT molecular complexity index is 1520. The number of fused-ring (bicyclic) bond motifs is 2. The Morgan fingerprint density at radius 2 is 1.43 bits per heavy atom. The van der Waals surface area contributed by atoms with Crippen molar-refractivity contribution < 1.29 is 44.4 Å². The molecule has 6 N–H and O–H groups in total. The zero-order valence-electron chi connectivity index (χ0n) is 26.7. The molecule has 0 bridgehead atoms. The van der Waals surface area contributed by atoms with Crippen molar-refractivity contribution in [2.24, 2.45) is 47.2 Å². The van der Waals surface area contributed by atoms with E-state index in [9.17, 15) is 49.7 Å². The van der Waals surface area contributed by atoms with Gasteiger partial charge in [-0.1, -0.05) is 13.8 Å². The number of carboxylic acid groups (broad SMARTS) is 2. The van der Waals surface area contributed by atoms with E-state index < -0.39 is 71.7 Å². The Balaban J connectivity index is 1.13. The Kier molecular flexibility index (Phi) is 8.44. The van der Waals surface area contributed by atoms with Gasteiger partial charge in [-0.25, -0.2) is 9.59 Å². The lowest BCUT2D eigenvalue weighted by molar-refractivity contribution is -0.164. The van der Waals surface area contributed by atoms with Gasteiger partial charge in [0.1, 0.15) is 11.4 Å². The molecule has 6 heterocycles. The largest absolute Gasteiger partial charge is 0.477 e. The zero-order valence-corrected chi connectivity index (χ0v) is 26.7. The first-order valence-electron chi connectivity index (χ1n) is 16.3. The fraction of sp³-hybridized carbons (Fsp3) is 0.688. The normalized spacial score (nSPS) is 36.6. The monoisotopic (exact) mass is 654 g/mol. The quantitative estimate of drug-likeness (QED) is 0.163. The van der Waals surface area contributed by atoms with E-state index in [2.05, 4.69) is 6.07 Å². The van der Waals surface area contributed by atoms with Crippen LogP contribution in [0.1, 0.15) is 33.6 Å². The molecule has 4 saturated heterocycles. The first kappa shape index (κ1) is 33.1. The summed E-state index contributed by atoms with van der Waals surface area (Å²) in [5.41, 5.74) is 6.45. The van der Waals surface area contributed by atoms with Crippen LogP contribution in [0.2, 0.25) is 0 Å². The van der Waals surface area contributed by atoms with Gasteiger partial charge in [-0.15, -0.1) is 0 Å². The third-order valence-corrected chi connectivity index (χ3v) is 11.6. The summed E-state index contributed by atoms with van der Waals surface area (Å²) in [6, 6.07) is 1.31. The molecule has 6 aliphatic heterocycles. The van der Waals surface area contributed by atoms with Crippen molar-refractivity contribution in [2.75, 3.05) is 39.3 Å². The smallest absolute Gasteiger partial charge is 0.352 e. The predicted octanol–water partition coefficient (Wildman–Crippen LogP) is -1.37. The Hall–Kier alpha value is -3.84. The third-order valence-electron chi connectivity index (χ3n) is 11.6. The van der Waals surface area contributed by atoms with Crippen LogP contribution in [0.5, 0.6) is 0 Å². The van der Waals surface area contributed by atoms with Crippen LogP contribution in [0.3, 0.4) is 0 Å². The van der Waals surface area contributed by atoms with Crippen LogP contribution in [0.25, 0.3) is 0 Å². The summed E-state index contributed by atoms with van der Waals surface area (Å²) in [7, 11) is 0. The van der Waals surface area contributed by atoms with Crippen molar-refractivity contribution in [3.05, 3.63) is 22.5 Å². The summed E-state index contributed by atoms with van der Waals surface area (Å²) >= 11 is 0. The lowest BCUT2D eigenvalue weighted by Gasteiger charge is -2.47. The molecule has 0 spiro atoms. The number of aliphatic carboxylic acids is 2. The molecular formula is C32H42N6O9. The van der Waals surface area contributed by atoms with E-state index in [1.54, 1.807) is 0 Å². The summed E-state index contributed by atoms with van der Waals surface area (Å²) in [5, 5.41) is 51.6. The Labute approximate surface area is 271 Å². The highest BCUT2D eigenvalue weighted by atomic mass is 16.4. The van der Waals surface area contributed by atoms with Gasteiger partial charge in [0.15, 0.2) is 0 Å². The number of carboxylic acids is 2. The maximum Gasteiger partial charge on any atom is 0.352 e. The van der Waals surface area contributed by atoms with E-state index >= 15 is 0 Å². The van der Waals surface area contributed by atoms with Crippen LogP contribution in [-0.4, -0.2) is 133 Å². The van der Waals surface area contributed by atoms with Gasteiger partial charge in [0.2, 0.25) is 17.7 Å². The van der Waals surface area contributed by atoms with Gasteiger partial charge in [-0.3, -0.25) is 24.2 Å². The number of aliphatic hydroxyl groups excluding tert-OH is 2. The van der Waals surface area contributed by atoms with Gasteiger partial charge in [0.25, 0.3) is 0 Å². The van der Waals surface area contributed by atoms with Gasteiger partial charge < -0.3 is 36.0 Å². The van der Waals surface area contributed by atoms with E-state index in [-0.39, 0.29) is 54.6 Å². The first-order chi connectivity index (χ1) is 22.2. The van der Waals surface area contributed by atoms with Crippen LogP contribution in [-0.2, 0) is 24.0 Å². The zero-order chi connectivity index (χ0) is 34.2. The number of nitriles is 1. The topological polar surface area (TPSA) is 229 Å². The highest BCUT2D eigenvalue weighted by molar-refractivity contribution is 6.01. The second kappa shape index (κ2) is 12.0. The molecule has 254 valence electrons. The van der Waals surface area contributed by atoms with Gasteiger partial charge in [0.05, 0.1) is 54.0 Å². The maximum atomic E-state index is 13.4. The van der Waals surface area contributed by atoms with Crippen molar-refractivity contribution in [1.82, 2.24) is 19.6 Å². The summed E-state index contributed by atoms with van der Waals surface area (Å²) < 4.78 is 0. The molecule has 0 saturated carbocycles. The number of carbonyl (C=O) groups is 5. The second-order valence-electron chi connectivity index (χ2n) is 14.2. The number of aliphatic hydroxyl groups is 2. The number of hydrogen-bond donors (Lipinski definition) is 5. The number of primary amides is 1. The van der Waals surface area contributed by atoms with Crippen molar-refractivity contribution in [1.29, 1.82) is 5.26 Å². The molecule has 15 heteroatoms. The number of nitrogens with zero attached hydrogens (tertiary/aromatic N) is 5. The number of hydrogen-bond acceptors (Lipinski definition) is 10. The summed E-state index contributed by atoms with van der Waals surface area (Å²) in [6.07, 6.45) is -1.33. The van der Waals surface area contributed by atoms with Crippen LogP contribution >= 0.6 is 0 Å². The Morgan fingerprint density at radius 3 is 1.91 bits per heavy atom. The van der Waals surface area contributed by atoms with Gasteiger partial charge in [-0.2, -0.15) is 5.26 Å². The average Bonchev–Trinajstić information content (AvgIpc) is 3.72. The van der Waals surface area contributed by atoms with Gasteiger partial charge in [-0.05, 0) is 43.4 Å². The molecule has 6 aliphatic rings. The predicted molar refractivity (Wildman–Crippen MR) is 161 cm³/mol. The first-order valence-corrected chi connectivity index (χ1v) is 16.3. The fourth-order valence-electron chi connectivity index (χ4n) is 9.23. The third kappa shape index (κ3) is 5.13. The Morgan fingerprint density at radius 1 is 0.894 bits per heavy atom. The van der Waals surface area contributed by atoms with Gasteiger partial charge >= 0.3 is 11.9 Å². The molecule has 0 aliphatic carbocycles. The maximum absolute atomic E-state index is 13.4. The number of carbonyl (C=O) groups excluding carboxylic acids is 3. The SMILES string of the molecule is CC(O)C1C(=O)N2C(C(=O)O)=C(CN3CC(C#N)C(CC(O)C4C(=O)N5C(C(=O)O)=C(CN6CCC(C(N)=O)C6)C(C)C45)C3)C(C)C12. The number of nitrogens with two attached hydrogens (primary N) is 1. The van der Waals surface area contributed by atoms with E-state index in [1.165, 1.54) is 16.7 Å². The van der Waals surface area contributed by atoms with Crippen molar-refractivity contribution >= 4 is 29.7 Å². The average molecular weight is 655 g/mol.